The van der Waals surface area contributed by atoms with Crippen LogP contribution in [0.2, 0.25) is 0 Å². The third kappa shape index (κ3) is 3.23. The molecular formula is C11H13FO3. The van der Waals surface area contributed by atoms with E-state index in [9.17, 15) is 9.18 Å². The molecule has 3 nitrogen and oxygen atoms in total. The fraction of sp³-hybridized carbons (Fsp3) is 0.364. The van der Waals surface area contributed by atoms with Crippen LogP contribution in [0.5, 0.6) is 5.75 Å². The van der Waals surface area contributed by atoms with Crippen LogP contribution < -0.4 is 4.74 Å². The molecule has 0 saturated carbocycles. The van der Waals surface area contributed by atoms with Gasteiger partial charge in [-0.05, 0) is 24.6 Å². The fourth-order valence-corrected chi connectivity index (χ4v) is 1.17. The lowest BCUT2D eigenvalue weighted by molar-refractivity contribution is -0.139. The van der Waals surface area contributed by atoms with Crippen molar-refractivity contribution in [1.29, 1.82) is 0 Å². The Balaban J connectivity index is 2.77. The van der Waals surface area contributed by atoms with Gasteiger partial charge in [-0.25, -0.2) is 4.39 Å². The van der Waals surface area contributed by atoms with Gasteiger partial charge in [-0.2, -0.15) is 0 Å². The van der Waals surface area contributed by atoms with Gasteiger partial charge in [0, 0.05) is 0 Å². The van der Waals surface area contributed by atoms with Crippen molar-refractivity contribution >= 4 is 5.97 Å². The molecule has 0 radical (unpaired) electrons. The quantitative estimate of drug-likeness (QED) is 0.715. The second-order valence-electron chi connectivity index (χ2n) is 2.95. The molecule has 0 aliphatic rings. The lowest BCUT2D eigenvalue weighted by atomic mass is 10.1. The summed E-state index contributed by atoms with van der Waals surface area (Å²) in [6.07, 6.45) is 0.0693. The molecule has 1 aromatic carbocycles. The number of carbonyl (C=O) groups is 1. The first kappa shape index (κ1) is 11.5. The first-order valence-electron chi connectivity index (χ1n) is 4.65. The zero-order valence-corrected chi connectivity index (χ0v) is 8.75. The van der Waals surface area contributed by atoms with Crippen LogP contribution in [0.25, 0.3) is 0 Å². The van der Waals surface area contributed by atoms with Gasteiger partial charge in [0.1, 0.15) is 0 Å². The molecule has 0 aliphatic carbocycles. The highest BCUT2D eigenvalue weighted by atomic mass is 19.1. The molecule has 0 aromatic heterocycles. The zero-order valence-electron chi connectivity index (χ0n) is 8.75. The Morgan fingerprint density at radius 1 is 1.47 bits per heavy atom. The van der Waals surface area contributed by atoms with E-state index in [1.807, 2.05) is 0 Å². The van der Waals surface area contributed by atoms with Crippen molar-refractivity contribution in [2.75, 3.05) is 13.7 Å². The SMILES string of the molecule is CCOc1ccc(CC(=O)OC)cc1F. The largest absolute Gasteiger partial charge is 0.491 e. The van der Waals surface area contributed by atoms with Gasteiger partial charge < -0.3 is 9.47 Å². The number of halogens is 1. The Kier molecular flexibility index (Phi) is 4.09. The van der Waals surface area contributed by atoms with Gasteiger partial charge in [-0.3, -0.25) is 4.79 Å². The molecular weight excluding hydrogens is 199 g/mol. The summed E-state index contributed by atoms with van der Waals surface area (Å²) in [7, 11) is 1.30. The molecule has 0 aliphatic heterocycles. The molecule has 0 bridgehead atoms. The van der Waals surface area contributed by atoms with Crippen molar-refractivity contribution in [1.82, 2.24) is 0 Å². The maximum atomic E-state index is 13.3. The normalized spacial score (nSPS) is 9.80. The number of rotatable bonds is 4. The van der Waals surface area contributed by atoms with E-state index in [2.05, 4.69) is 4.74 Å². The molecule has 1 aromatic rings. The van der Waals surface area contributed by atoms with Crippen molar-refractivity contribution in [2.45, 2.75) is 13.3 Å². The van der Waals surface area contributed by atoms with Crippen LogP contribution in [0, 0.1) is 5.82 Å². The first-order valence-corrected chi connectivity index (χ1v) is 4.65. The topological polar surface area (TPSA) is 35.5 Å². The monoisotopic (exact) mass is 212 g/mol. The van der Waals surface area contributed by atoms with Gasteiger partial charge in [0.25, 0.3) is 0 Å². The number of benzene rings is 1. The molecule has 82 valence electrons. The number of ether oxygens (including phenoxy) is 2. The van der Waals surface area contributed by atoms with Crippen LogP contribution in [0.3, 0.4) is 0 Å². The molecule has 0 heterocycles. The van der Waals surface area contributed by atoms with Gasteiger partial charge in [0.2, 0.25) is 0 Å². The van der Waals surface area contributed by atoms with Gasteiger partial charge in [-0.15, -0.1) is 0 Å². The van der Waals surface area contributed by atoms with Crippen LogP contribution in [-0.2, 0) is 16.0 Å². The van der Waals surface area contributed by atoms with Crippen LogP contribution in [-0.4, -0.2) is 19.7 Å². The van der Waals surface area contributed by atoms with Gasteiger partial charge in [0.05, 0.1) is 20.1 Å². The van der Waals surface area contributed by atoms with E-state index in [1.165, 1.54) is 19.2 Å². The maximum Gasteiger partial charge on any atom is 0.309 e. The van der Waals surface area contributed by atoms with E-state index in [4.69, 9.17) is 4.74 Å². The van der Waals surface area contributed by atoms with E-state index < -0.39 is 11.8 Å². The molecule has 0 saturated heterocycles. The minimum Gasteiger partial charge on any atom is -0.491 e. The number of methoxy groups -OCH3 is 1. The molecule has 0 amide bonds. The summed E-state index contributed by atoms with van der Waals surface area (Å²) in [5.74, 6) is -0.650. The third-order valence-corrected chi connectivity index (χ3v) is 1.87. The molecule has 0 atom stereocenters. The Labute approximate surface area is 87.8 Å². The average Bonchev–Trinajstić information content (AvgIpc) is 2.22. The summed E-state index contributed by atoms with van der Waals surface area (Å²) >= 11 is 0. The standard InChI is InChI=1S/C11H13FO3/c1-3-15-10-5-4-8(6-9(10)12)7-11(13)14-2/h4-6H,3,7H2,1-2H3. The fourth-order valence-electron chi connectivity index (χ4n) is 1.17. The number of hydrogen-bond donors (Lipinski definition) is 0. The molecule has 15 heavy (non-hydrogen) atoms. The average molecular weight is 212 g/mol. The smallest absolute Gasteiger partial charge is 0.309 e. The first-order chi connectivity index (χ1) is 7.17. The van der Waals surface area contributed by atoms with Crippen molar-refractivity contribution in [3.8, 4) is 5.75 Å². The van der Waals surface area contributed by atoms with E-state index in [-0.39, 0.29) is 12.2 Å². The predicted octanol–water partition coefficient (Wildman–Crippen LogP) is 1.94. The Hall–Kier alpha value is -1.58. The second-order valence-corrected chi connectivity index (χ2v) is 2.95. The van der Waals surface area contributed by atoms with Gasteiger partial charge in [-0.1, -0.05) is 6.07 Å². The van der Waals surface area contributed by atoms with E-state index in [0.29, 0.717) is 12.2 Å². The molecule has 0 N–H and O–H groups in total. The minimum absolute atomic E-state index is 0.0693. The molecule has 0 unspecified atom stereocenters. The molecule has 0 fully saturated rings. The second kappa shape index (κ2) is 5.34. The summed E-state index contributed by atoms with van der Waals surface area (Å²) in [6, 6.07) is 4.43. The zero-order chi connectivity index (χ0) is 11.3. The van der Waals surface area contributed by atoms with Crippen molar-refractivity contribution in [3.05, 3.63) is 29.6 Å². The van der Waals surface area contributed by atoms with Crippen LogP contribution in [0.15, 0.2) is 18.2 Å². The van der Waals surface area contributed by atoms with Crippen LogP contribution in [0.1, 0.15) is 12.5 Å². The number of esters is 1. The maximum absolute atomic E-state index is 13.3. The lowest BCUT2D eigenvalue weighted by Crippen LogP contribution is -2.05. The summed E-state index contributed by atoms with van der Waals surface area (Å²) < 4.78 is 22.8. The van der Waals surface area contributed by atoms with E-state index in [1.54, 1.807) is 13.0 Å². The van der Waals surface area contributed by atoms with Gasteiger partial charge >= 0.3 is 5.97 Å². The summed E-state index contributed by atoms with van der Waals surface area (Å²) in [5, 5.41) is 0. The molecule has 4 heteroatoms. The number of hydrogen-bond acceptors (Lipinski definition) is 3. The van der Waals surface area contributed by atoms with Crippen LogP contribution in [0.4, 0.5) is 4.39 Å². The van der Waals surface area contributed by atoms with E-state index >= 15 is 0 Å². The highest BCUT2D eigenvalue weighted by Crippen LogP contribution is 2.18. The van der Waals surface area contributed by atoms with Crippen LogP contribution >= 0.6 is 0 Å². The minimum atomic E-state index is -0.460. The highest BCUT2D eigenvalue weighted by Gasteiger charge is 2.07. The summed E-state index contributed by atoms with van der Waals surface area (Å²) in [5.41, 5.74) is 0.572. The summed E-state index contributed by atoms with van der Waals surface area (Å²) in [4.78, 5) is 10.9. The molecule has 1 rings (SSSR count). The Morgan fingerprint density at radius 3 is 2.73 bits per heavy atom. The summed E-state index contributed by atoms with van der Waals surface area (Å²) in [6.45, 7) is 2.19. The van der Waals surface area contributed by atoms with Crippen molar-refractivity contribution in [3.63, 3.8) is 0 Å². The molecule has 0 spiro atoms. The predicted molar refractivity (Wildman–Crippen MR) is 53.3 cm³/mol. The van der Waals surface area contributed by atoms with Gasteiger partial charge in [0.15, 0.2) is 11.6 Å². The van der Waals surface area contributed by atoms with Crippen molar-refractivity contribution < 1.29 is 18.7 Å². The Morgan fingerprint density at radius 2 is 2.20 bits per heavy atom. The lowest BCUT2D eigenvalue weighted by Gasteiger charge is -2.06. The highest BCUT2D eigenvalue weighted by molar-refractivity contribution is 5.72. The van der Waals surface area contributed by atoms with E-state index in [0.717, 1.165) is 0 Å². The van der Waals surface area contributed by atoms with Crippen molar-refractivity contribution in [2.24, 2.45) is 0 Å². The third-order valence-electron chi connectivity index (χ3n) is 1.87. The number of carbonyl (C=O) groups excluding carboxylic acids is 1. The Bertz CT molecular complexity index is 350.